The zero-order chi connectivity index (χ0) is 13.8. The van der Waals surface area contributed by atoms with Crippen LogP contribution in [0.2, 0.25) is 0 Å². The van der Waals surface area contributed by atoms with Gasteiger partial charge in [-0.2, -0.15) is 0 Å². The average molecular weight is 265 g/mol. The third kappa shape index (κ3) is 2.72. The van der Waals surface area contributed by atoms with Crippen molar-refractivity contribution in [2.24, 2.45) is 0 Å². The van der Waals surface area contributed by atoms with E-state index in [9.17, 15) is 0 Å². The number of para-hydroxylation sites is 1. The van der Waals surface area contributed by atoms with Gasteiger partial charge in [0, 0.05) is 5.56 Å². The van der Waals surface area contributed by atoms with Gasteiger partial charge in [0.25, 0.3) is 0 Å². The molecule has 1 heterocycles. The monoisotopic (exact) mass is 265 g/mol. The summed E-state index contributed by atoms with van der Waals surface area (Å²) in [4.78, 5) is 4.45. The maximum absolute atomic E-state index is 5.79. The Hall–Kier alpha value is -2.55. The molecular weight excluding hydrogens is 250 g/mol. The standard InChI is InChI=1S/C17H15NO2/c1-13-16(12-19-15-10-6-3-7-11-15)20-17(18-13)14-8-4-2-5-9-14/h2-11H,12H2,1H3. The molecule has 3 aromatic rings. The molecule has 0 amide bonds. The molecule has 0 aliphatic heterocycles. The van der Waals surface area contributed by atoms with Crippen molar-refractivity contribution in [3.8, 4) is 17.2 Å². The van der Waals surface area contributed by atoms with Gasteiger partial charge in [0.1, 0.15) is 12.4 Å². The minimum absolute atomic E-state index is 0.385. The molecule has 0 aliphatic carbocycles. The average Bonchev–Trinajstić information content (AvgIpc) is 2.88. The first-order valence-electron chi connectivity index (χ1n) is 6.52. The number of benzene rings is 2. The Kier molecular flexibility index (Phi) is 3.50. The summed E-state index contributed by atoms with van der Waals surface area (Å²) in [5, 5.41) is 0. The van der Waals surface area contributed by atoms with E-state index in [2.05, 4.69) is 4.98 Å². The van der Waals surface area contributed by atoms with Gasteiger partial charge >= 0.3 is 0 Å². The highest BCUT2D eigenvalue weighted by molar-refractivity contribution is 5.53. The maximum Gasteiger partial charge on any atom is 0.226 e. The molecule has 0 saturated carbocycles. The number of rotatable bonds is 4. The van der Waals surface area contributed by atoms with Crippen LogP contribution in [0, 0.1) is 6.92 Å². The quantitative estimate of drug-likeness (QED) is 0.708. The SMILES string of the molecule is Cc1nc(-c2ccccc2)oc1COc1ccccc1. The molecule has 2 aromatic carbocycles. The topological polar surface area (TPSA) is 35.3 Å². The van der Waals surface area contributed by atoms with E-state index in [0.29, 0.717) is 12.5 Å². The minimum atomic E-state index is 0.385. The Bertz CT molecular complexity index is 675. The number of aryl methyl sites for hydroxylation is 1. The molecule has 0 aliphatic rings. The van der Waals surface area contributed by atoms with Gasteiger partial charge in [-0.25, -0.2) is 4.98 Å². The van der Waals surface area contributed by atoms with Crippen molar-refractivity contribution >= 4 is 0 Å². The summed E-state index contributed by atoms with van der Waals surface area (Å²) in [6.07, 6.45) is 0. The van der Waals surface area contributed by atoms with Crippen molar-refractivity contribution in [1.29, 1.82) is 0 Å². The van der Waals surface area contributed by atoms with Crippen LogP contribution < -0.4 is 4.74 Å². The molecular formula is C17H15NO2. The molecule has 100 valence electrons. The van der Waals surface area contributed by atoms with Gasteiger partial charge in [0.05, 0.1) is 5.69 Å². The highest BCUT2D eigenvalue weighted by atomic mass is 16.5. The van der Waals surface area contributed by atoms with Gasteiger partial charge in [-0.15, -0.1) is 0 Å². The number of ether oxygens (including phenoxy) is 1. The molecule has 3 nitrogen and oxygen atoms in total. The van der Waals surface area contributed by atoms with E-state index in [0.717, 1.165) is 22.8 Å². The maximum atomic E-state index is 5.79. The molecule has 3 rings (SSSR count). The number of aromatic nitrogens is 1. The number of hydrogen-bond acceptors (Lipinski definition) is 3. The van der Waals surface area contributed by atoms with Crippen LogP contribution in [0.4, 0.5) is 0 Å². The van der Waals surface area contributed by atoms with Crippen LogP contribution in [-0.4, -0.2) is 4.98 Å². The summed E-state index contributed by atoms with van der Waals surface area (Å²) >= 11 is 0. The largest absolute Gasteiger partial charge is 0.486 e. The summed E-state index contributed by atoms with van der Waals surface area (Å²) in [6, 6.07) is 19.5. The van der Waals surface area contributed by atoms with Crippen molar-refractivity contribution in [3.05, 3.63) is 72.1 Å². The normalized spacial score (nSPS) is 10.4. The predicted octanol–water partition coefficient (Wildman–Crippen LogP) is 4.23. The Morgan fingerprint density at radius 1 is 0.950 bits per heavy atom. The molecule has 0 fully saturated rings. The molecule has 20 heavy (non-hydrogen) atoms. The number of oxazole rings is 1. The van der Waals surface area contributed by atoms with E-state index in [1.165, 1.54) is 0 Å². The summed E-state index contributed by atoms with van der Waals surface area (Å²) in [5.41, 5.74) is 1.83. The van der Waals surface area contributed by atoms with E-state index in [1.54, 1.807) is 0 Å². The molecule has 0 spiro atoms. The Balaban J connectivity index is 1.76. The Labute approximate surface area is 117 Å². The van der Waals surface area contributed by atoms with Crippen LogP contribution in [0.25, 0.3) is 11.5 Å². The zero-order valence-electron chi connectivity index (χ0n) is 11.2. The fourth-order valence-corrected chi connectivity index (χ4v) is 1.93. The van der Waals surface area contributed by atoms with Crippen molar-refractivity contribution in [1.82, 2.24) is 4.98 Å². The fourth-order valence-electron chi connectivity index (χ4n) is 1.93. The van der Waals surface area contributed by atoms with Gasteiger partial charge in [0.2, 0.25) is 5.89 Å². The molecule has 1 aromatic heterocycles. The second-order valence-corrected chi connectivity index (χ2v) is 4.50. The lowest BCUT2D eigenvalue weighted by Crippen LogP contribution is -1.95. The van der Waals surface area contributed by atoms with Crippen molar-refractivity contribution in [2.75, 3.05) is 0 Å². The van der Waals surface area contributed by atoms with Crippen LogP contribution >= 0.6 is 0 Å². The molecule has 3 heteroatoms. The van der Waals surface area contributed by atoms with Crippen LogP contribution in [0.1, 0.15) is 11.5 Å². The van der Waals surface area contributed by atoms with Gasteiger partial charge in [-0.05, 0) is 31.2 Å². The molecule has 0 N–H and O–H groups in total. The Morgan fingerprint density at radius 2 is 1.60 bits per heavy atom. The smallest absolute Gasteiger partial charge is 0.226 e. The summed E-state index contributed by atoms with van der Waals surface area (Å²) in [5.74, 6) is 2.21. The van der Waals surface area contributed by atoms with Gasteiger partial charge in [-0.3, -0.25) is 0 Å². The second kappa shape index (κ2) is 5.61. The minimum Gasteiger partial charge on any atom is -0.486 e. The van der Waals surface area contributed by atoms with Crippen LogP contribution in [0.15, 0.2) is 65.1 Å². The first-order valence-corrected chi connectivity index (χ1v) is 6.52. The van der Waals surface area contributed by atoms with E-state index in [4.69, 9.17) is 9.15 Å². The van der Waals surface area contributed by atoms with Crippen LogP contribution in [0.5, 0.6) is 5.75 Å². The third-order valence-corrected chi connectivity index (χ3v) is 3.03. The number of nitrogens with zero attached hydrogens (tertiary/aromatic N) is 1. The van der Waals surface area contributed by atoms with Crippen molar-refractivity contribution in [2.45, 2.75) is 13.5 Å². The lowest BCUT2D eigenvalue weighted by molar-refractivity contribution is 0.271. The highest BCUT2D eigenvalue weighted by Crippen LogP contribution is 2.22. The lowest BCUT2D eigenvalue weighted by Gasteiger charge is -2.03. The van der Waals surface area contributed by atoms with Gasteiger partial charge < -0.3 is 9.15 Å². The lowest BCUT2D eigenvalue weighted by atomic mass is 10.2. The Morgan fingerprint density at radius 3 is 2.30 bits per heavy atom. The number of hydrogen-bond donors (Lipinski definition) is 0. The molecule has 0 radical (unpaired) electrons. The van der Waals surface area contributed by atoms with Crippen molar-refractivity contribution in [3.63, 3.8) is 0 Å². The van der Waals surface area contributed by atoms with E-state index < -0.39 is 0 Å². The fraction of sp³-hybridized carbons (Fsp3) is 0.118. The van der Waals surface area contributed by atoms with E-state index in [-0.39, 0.29) is 0 Å². The molecule has 0 bridgehead atoms. The third-order valence-electron chi connectivity index (χ3n) is 3.03. The zero-order valence-corrected chi connectivity index (χ0v) is 11.2. The van der Waals surface area contributed by atoms with Crippen LogP contribution in [0.3, 0.4) is 0 Å². The summed E-state index contributed by atoms with van der Waals surface area (Å²) < 4.78 is 11.5. The van der Waals surface area contributed by atoms with Gasteiger partial charge in [0.15, 0.2) is 5.76 Å². The highest BCUT2D eigenvalue weighted by Gasteiger charge is 2.11. The van der Waals surface area contributed by atoms with E-state index >= 15 is 0 Å². The predicted molar refractivity (Wildman–Crippen MR) is 77.5 cm³/mol. The molecule has 0 atom stereocenters. The van der Waals surface area contributed by atoms with Crippen molar-refractivity contribution < 1.29 is 9.15 Å². The summed E-state index contributed by atoms with van der Waals surface area (Å²) in [6.45, 7) is 2.31. The first-order chi connectivity index (χ1) is 9.83. The second-order valence-electron chi connectivity index (χ2n) is 4.50. The van der Waals surface area contributed by atoms with Crippen LogP contribution in [-0.2, 0) is 6.61 Å². The van der Waals surface area contributed by atoms with Gasteiger partial charge in [-0.1, -0.05) is 36.4 Å². The molecule has 0 saturated heterocycles. The first kappa shape index (κ1) is 12.5. The van der Waals surface area contributed by atoms with E-state index in [1.807, 2.05) is 67.6 Å². The molecule has 0 unspecified atom stereocenters. The summed E-state index contributed by atoms with van der Waals surface area (Å²) in [7, 11) is 0.